The summed E-state index contributed by atoms with van der Waals surface area (Å²) in [7, 11) is 0. The van der Waals surface area contributed by atoms with E-state index in [1.54, 1.807) is 6.07 Å². The van der Waals surface area contributed by atoms with E-state index in [9.17, 15) is 0 Å². The van der Waals surface area contributed by atoms with E-state index in [-0.39, 0.29) is 5.95 Å². The second kappa shape index (κ2) is 4.33. The quantitative estimate of drug-likeness (QED) is 0.332. The minimum atomic E-state index is 0.144. The van der Waals surface area contributed by atoms with Crippen molar-refractivity contribution in [2.75, 3.05) is 11.2 Å². The number of aryl methyl sites for hydroxylation is 1. The third kappa shape index (κ3) is 2.38. The largest absolute Gasteiger partial charge is 0.368 e. The number of nitrogens with zero attached hydrogens (tertiary/aromatic N) is 4. The van der Waals surface area contributed by atoms with Crippen molar-refractivity contribution in [3.8, 4) is 0 Å². The molecule has 0 aliphatic heterocycles. The minimum Gasteiger partial charge on any atom is -0.368 e. The molecule has 2 rings (SSSR count). The fraction of sp³-hybridized carbons (Fsp3) is 0.143. The number of nitrogens with one attached hydrogen (secondary N) is 2. The lowest BCUT2D eigenvalue weighted by Crippen LogP contribution is -2.10. The fourth-order valence-corrected chi connectivity index (χ4v) is 1.80. The molecule has 16 heavy (non-hydrogen) atoms. The highest BCUT2D eigenvalue weighted by molar-refractivity contribution is 7.99. The van der Waals surface area contributed by atoms with E-state index < -0.39 is 0 Å². The summed E-state index contributed by atoms with van der Waals surface area (Å²) >= 11 is 1.27. The predicted octanol–water partition coefficient (Wildman–Crippen LogP) is -0.0779. The Morgan fingerprint density at radius 1 is 1.38 bits per heavy atom. The van der Waals surface area contributed by atoms with Crippen molar-refractivity contribution in [2.24, 2.45) is 5.84 Å². The SMILES string of the molecule is Cc1nc(Sc2cc(NN)nc(N)n2)n[nH]1. The fourth-order valence-electron chi connectivity index (χ4n) is 1.03. The Hall–Kier alpha value is -1.87. The van der Waals surface area contributed by atoms with Crippen molar-refractivity contribution in [2.45, 2.75) is 17.1 Å². The Kier molecular flexibility index (Phi) is 2.88. The molecule has 0 aliphatic carbocycles. The number of nitrogen functional groups attached to an aromatic ring is 2. The molecule has 0 radical (unpaired) electrons. The second-order valence-corrected chi connectivity index (χ2v) is 3.89. The summed E-state index contributed by atoms with van der Waals surface area (Å²) in [6, 6.07) is 1.66. The third-order valence-electron chi connectivity index (χ3n) is 1.64. The Morgan fingerprint density at radius 3 is 2.81 bits per heavy atom. The molecule has 2 heterocycles. The molecule has 6 N–H and O–H groups in total. The van der Waals surface area contributed by atoms with Crippen LogP contribution in [0, 0.1) is 6.92 Å². The first kappa shape index (κ1) is 10.6. The van der Waals surface area contributed by atoms with E-state index in [1.807, 2.05) is 6.92 Å². The monoisotopic (exact) mass is 238 g/mol. The summed E-state index contributed by atoms with van der Waals surface area (Å²) in [5.74, 6) is 6.57. The summed E-state index contributed by atoms with van der Waals surface area (Å²) in [4.78, 5) is 12.0. The predicted molar refractivity (Wildman–Crippen MR) is 59.5 cm³/mol. The van der Waals surface area contributed by atoms with Crippen LogP contribution in [0.1, 0.15) is 5.82 Å². The molecule has 84 valence electrons. The number of hydrazine groups is 1. The number of anilines is 2. The summed E-state index contributed by atoms with van der Waals surface area (Å²) < 4.78 is 0. The summed E-state index contributed by atoms with van der Waals surface area (Å²) in [6.45, 7) is 1.82. The number of nitrogens with two attached hydrogens (primary N) is 2. The summed E-state index contributed by atoms with van der Waals surface area (Å²) in [5, 5.41) is 7.90. The molecule has 0 atom stereocenters. The van der Waals surface area contributed by atoms with Gasteiger partial charge < -0.3 is 11.2 Å². The highest BCUT2D eigenvalue weighted by Crippen LogP contribution is 2.24. The van der Waals surface area contributed by atoms with Gasteiger partial charge in [-0.05, 0) is 18.7 Å². The van der Waals surface area contributed by atoms with Gasteiger partial charge in [0.25, 0.3) is 0 Å². The van der Waals surface area contributed by atoms with Crippen molar-refractivity contribution in [3.63, 3.8) is 0 Å². The molecule has 0 bridgehead atoms. The van der Waals surface area contributed by atoms with Crippen LogP contribution in [0.2, 0.25) is 0 Å². The number of aromatic nitrogens is 5. The van der Waals surface area contributed by atoms with Gasteiger partial charge in [0.1, 0.15) is 16.7 Å². The molecule has 0 aliphatic rings. The Bertz CT molecular complexity index is 495. The maximum absolute atomic E-state index is 5.51. The van der Waals surface area contributed by atoms with E-state index in [1.165, 1.54) is 11.8 Å². The van der Waals surface area contributed by atoms with Gasteiger partial charge in [0.2, 0.25) is 11.1 Å². The molecular formula is C7H10N8S. The van der Waals surface area contributed by atoms with E-state index in [2.05, 4.69) is 30.6 Å². The van der Waals surface area contributed by atoms with Crippen molar-refractivity contribution in [1.29, 1.82) is 0 Å². The summed E-state index contributed by atoms with van der Waals surface area (Å²) in [6.07, 6.45) is 0. The second-order valence-electron chi connectivity index (χ2n) is 2.90. The van der Waals surface area contributed by atoms with Gasteiger partial charge in [-0.15, -0.1) is 5.10 Å². The Balaban J connectivity index is 2.24. The van der Waals surface area contributed by atoms with Crippen LogP contribution >= 0.6 is 11.8 Å². The first-order valence-electron chi connectivity index (χ1n) is 4.35. The van der Waals surface area contributed by atoms with Crippen LogP contribution in [0.3, 0.4) is 0 Å². The van der Waals surface area contributed by atoms with Crippen molar-refractivity contribution < 1.29 is 0 Å². The molecule has 2 aromatic heterocycles. The lowest BCUT2D eigenvalue weighted by atomic mass is 10.6. The van der Waals surface area contributed by atoms with Crippen LogP contribution in [0.15, 0.2) is 16.2 Å². The van der Waals surface area contributed by atoms with Gasteiger partial charge in [-0.3, -0.25) is 5.10 Å². The van der Waals surface area contributed by atoms with E-state index >= 15 is 0 Å². The zero-order valence-corrected chi connectivity index (χ0v) is 9.25. The molecule has 8 nitrogen and oxygen atoms in total. The number of hydrogen-bond donors (Lipinski definition) is 4. The average Bonchev–Trinajstić information content (AvgIpc) is 2.63. The van der Waals surface area contributed by atoms with E-state index in [0.717, 1.165) is 5.82 Å². The van der Waals surface area contributed by atoms with Crippen LogP contribution in [0.25, 0.3) is 0 Å². The number of H-pyrrole nitrogens is 1. The van der Waals surface area contributed by atoms with Crippen LogP contribution in [0.4, 0.5) is 11.8 Å². The number of hydrogen-bond acceptors (Lipinski definition) is 8. The highest BCUT2D eigenvalue weighted by Gasteiger charge is 2.07. The van der Waals surface area contributed by atoms with Gasteiger partial charge in [0, 0.05) is 6.07 Å². The zero-order valence-electron chi connectivity index (χ0n) is 8.43. The maximum Gasteiger partial charge on any atom is 0.223 e. The molecule has 2 aromatic rings. The molecular weight excluding hydrogens is 228 g/mol. The van der Waals surface area contributed by atoms with Crippen LogP contribution in [0.5, 0.6) is 0 Å². The van der Waals surface area contributed by atoms with Gasteiger partial charge in [0.05, 0.1) is 0 Å². The molecule has 0 amide bonds. The zero-order chi connectivity index (χ0) is 11.5. The standard InChI is InChI=1S/C7H10N8S/c1-3-10-7(15-14-3)16-5-2-4(13-9)11-6(8)12-5/h2H,9H2,1H3,(H,10,14,15)(H3,8,11,12,13). The van der Waals surface area contributed by atoms with Crippen molar-refractivity contribution in [3.05, 3.63) is 11.9 Å². The topological polar surface area (TPSA) is 131 Å². The van der Waals surface area contributed by atoms with Gasteiger partial charge in [-0.25, -0.2) is 15.8 Å². The maximum atomic E-state index is 5.51. The smallest absolute Gasteiger partial charge is 0.223 e. The molecule has 0 saturated heterocycles. The summed E-state index contributed by atoms with van der Waals surface area (Å²) in [5.41, 5.74) is 7.92. The molecule has 0 spiro atoms. The molecule has 0 saturated carbocycles. The first-order chi connectivity index (χ1) is 7.67. The van der Waals surface area contributed by atoms with Gasteiger partial charge in [0.15, 0.2) is 0 Å². The Morgan fingerprint density at radius 2 is 2.19 bits per heavy atom. The van der Waals surface area contributed by atoms with Crippen LogP contribution < -0.4 is 17.0 Å². The van der Waals surface area contributed by atoms with Gasteiger partial charge in [-0.2, -0.15) is 4.98 Å². The normalized spacial score (nSPS) is 10.4. The van der Waals surface area contributed by atoms with Crippen LogP contribution in [-0.4, -0.2) is 25.1 Å². The van der Waals surface area contributed by atoms with Gasteiger partial charge in [-0.1, -0.05) is 0 Å². The number of aromatic amines is 1. The number of rotatable bonds is 3. The lowest BCUT2D eigenvalue weighted by Gasteiger charge is -2.02. The minimum absolute atomic E-state index is 0.144. The van der Waals surface area contributed by atoms with E-state index in [0.29, 0.717) is 16.0 Å². The highest BCUT2D eigenvalue weighted by atomic mass is 32.2. The molecule has 0 unspecified atom stereocenters. The molecule has 9 heteroatoms. The van der Waals surface area contributed by atoms with Crippen LogP contribution in [-0.2, 0) is 0 Å². The average molecular weight is 238 g/mol. The third-order valence-corrected chi connectivity index (χ3v) is 2.42. The van der Waals surface area contributed by atoms with Gasteiger partial charge >= 0.3 is 0 Å². The van der Waals surface area contributed by atoms with Crippen molar-refractivity contribution in [1.82, 2.24) is 25.1 Å². The first-order valence-corrected chi connectivity index (χ1v) is 5.17. The Labute approximate surface area is 95.2 Å². The van der Waals surface area contributed by atoms with E-state index in [4.69, 9.17) is 11.6 Å². The lowest BCUT2D eigenvalue weighted by molar-refractivity contribution is 0.961. The molecule has 0 aromatic carbocycles. The molecule has 0 fully saturated rings. The van der Waals surface area contributed by atoms with Crippen molar-refractivity contribution >= 4 is 23.5 Å².